The monoisotopic (exact) mass is 392 g/mol. The summed E-state index contributed by atoms with van der Waals surface area (Å²) in [7, 11) is 0. The average Bonchev–Trinajstić information content (AvgIpc) is 2.94. The smallest absolute Gasteiger partial charge is 0.451 e. The average molecular weight is 392 g/mol. The lowest BCUT2D eigenvalue weighted by Gasteiger charge is -2.39. The van der Waals surface area contributed by atoms with Crippen LogP contribution in [0.1, 0.15) is 64.8 Å². The summed E-state index contributed by atoms with van der Waals surface area (Å²) in [5.41, 5.74) is -0.808. The second kappa shape index (κ2) is 7.35. The van der Waals surface area contributed by atoms with Crippen LogP contribution >= 0.6 is 0 Å². The highest BCUT2D eigenvalue weighted by Gasteiger charge is 2.46. The Morgan fingerprint density at radius 1 is 1.22 bits per heavy atom. The number of esters is 1. The predicted molar refractivity (Wildman–Crippen MR) is 86.7 cm³/mol. The number of fused-ring (bicyclic) bond motifs is 1. The van der Waals surface area contributed by atoms with E-state index < -0.39 is 41.7 Å². The highest BCUT2D eigenvalue weighted by molar-refractivity contribution is 5.73. The van der Waals surface area contributed by atoms with E-state index in [-0.39, 0.29) is 25.4 Å². The molecule has 152 valence electrons. The van der Waals surface area contributed by atoms with Crippen molar-refractivity contribution in [1.29, 1.82) is 0 Å². The molecule has 2 heterocycles. The summed E-state index contributed by atoms with van der Waals surface area (Å²) in [6.07, 6.45) is -5.80. The van der Waals surface area contributed by atoms with E-state index in [0.29, 0.717) is 0 Å². The molecule has 0 radical (unpaired) electrons. The van der Waals surface area contributed by atoms with Crippen molar-refractivity contribution in [3.63, 3.8) is 0 Å². The molecule has 0 aliphatic carbocycles. The minimum Gasteiger partial charge on any atom is -0.466 e. The molecule has 1 aliphatic rings. The third-order valence-electron chi connectivity index (χ3n) is 3.85. The molecule has 2 unspecified atom stereocenters. The van der Waals surface area contributed by atoms with Crippen LogP contribution in [0.15, 0.2) is 0 Å². The topological polar surface area (TPSA) is 86.5 Å². The van der Waals surface area contributed by atoms with E-state index >= 15 is 0 Å². The van der Waals surface area contributed by atoms with Crippen molar-refractivity contribution in [1.82, 2.24) is 19.7 Å². The number of carbonyl (C=O) groups excluding carboxylic acids is 2. The Morgan fingerprint density at radius 2 is 1.85 bits per heavy atom. The van der Waals surface area contributed by atoms with Gasteiger partial charge in [-0.1, -0.05) is 0 Å². The van der Waals surface area contributed by atoms with Crippen LogP contribution in [0, 0.1) is 0 Å². The predicted octanol–water partition coefficient (Wildman–Crippen LogP) is 3.10. The van der Waals surface area contributed by atoms with Crippen molar-refractivity contribution in [3.8, 4) is 0 Å². The number of halogens is 3. The number of carbonyl (C=O) groups is 2. The molecule has 2 atom stereocenters. The molecular weight excluding hydrogens is 369 g/mol. The molecule has 1 aromatic heterocycles. The van der Waals surface area contributed by atoms with Crippen molar-refractivity contribution in [2.45, 2.75) is 64.9 Å². The fourth-order valence-electron chi connectivity index (χ4n) is 2.89. The third kappa shape index (κ3) is 4.69. The Hall–Kier alpha value is -2.33. The first-order valence-electron chi connectivity index (χ1n) is 8.52. The number of hydrogen-bond donors (Lipinski definition) is 0. The molecule has 0 bridgehead atoms. The van der Waals surface area contributed by atoms with E-state index in [9.17, 15) is 22.8 Å². The van der Waals surface area contributed by atoms with Gasteiger partial charge in [0.15, 0.2) is 5.82 Å². The summed E-state index contributed by atoms with van der Waals surface area (Å²) in [4.78, 5) is 25.8. The number of hydrogen-bond acceptors (Lipinski definition) is 6. The van der Waals surface area contributed by atoms with Crippen LogP contribution in [0.2, 0.25) is 0 Å². The standard InChI is InChI=1S/C16H23F3N4O4/c1-6-26-11(24)7-10-12-20-21-13(16(17,18)19)23(12)9(2)8-22(10)14(25)27-15(3,4)5/h9-10H,6-8H2,1-5H3. The maximum Gasteiger partial charge on any atom is 0.451 e. The van der Waals surface area contributed by atoms with Gasteiger partial charge in [-0.2, -0.15) is 13.2 Å². The lowest BCUT2D eigenvalue weighted by atomic mass is 10.1. The van der Waals surface area contributed by atoms with Crippen LogP contribution in [-0.4, -0.2) is 50.5 Å². The number of amides is 1. The Labute approximate surface area is 154 Å². The molecule has 1 amide bonds. The second-order valence-corrected chi connectivity index (χ2v) is 7.26. The summed E-state index contributed by atoms with van der Waals surface area (Å²) in [6.45, 7) is 8.15. The van der Waals surface area contributed by atoms with Crippen LogP contribution < -0.4 is 0 Å². The molecule has 1 aromatic rings. The first-order valence-corrected chi connectivity index (χ1v) is 8.52. The SMILES string of the molecule is CCOC(=O)CC1c2nnc(C(F)(F)F)n2C(C)CN1C(=O)OC(C)(C)C. The van der Waals surface area contributed by atoms with Crippen LogP contribution in [0.5, 0.6) is 0 Å². The van der Waals surface area contributed by atoms with E-state index in [1.807, 2.05) is 0 Å². The van der Waals surface area contributed by atoms with Gasteiger partial charge in [-0.25, -0.2) is 4.79 Å². The first kappa shape index (κ1) is 21.0. The van der Waals surface area contributed by atoms with Crippen molar-refractivity contribution in [2.24, 2.45) is 0 Å². The molecule has 27 heavy (non-hydrogen) atoms. The summed E-state index contributed by atoms with van der Waals surface area (Å²) in [5.74, 6) is -1.95. The Morgan fingerprint density at radius 3 is 2.37 bits per heavy atom. The van der Waals surface area contributed by atoms with Gasteiger partial charge < -0.3 is 14.0 Å². The quantitative estimate of drug-likeness (QED) is 0.735. The number of nitrogens with zero attached hydrogens (tertiary/aromatic N) is 4. The van der Waals surface area contributed by atoms with Gasteiger partial charge >= 0.3 is 18.2 Å². The Kier molecular flexibility index (Phi) is 5.71. The molecule has 11 heteroatoms. The zero-order valence-electron chi connectivity index (χ0n) is 15.8. The van der Waals surface area contributed by atoms with Gasteiger partial charge in [0, 0.05) is 6.54 Å². The molecular formula is C16H23F3N4O4. The van der Waals surface area contributed by atoms with E-state index in [4.69, 9.17) is 9.47 Å². The lowest BCUT2D eigenvalue weighted by molar-refractivity contribution is -0.149. The highest BCUT2D eigenvalue weighted by atomic mass is 19.4. The maximum absolute atomic E-state index is 13.3. The van der Waals surface area contributed by atoms with Crippen molar-refractivity contribution in [3.05, 3.63) is 11.6 Å². The van der Waals surface area contributed by atoms with Crippen LogP contribution in [0.4, 0.5) is 18.0 Å². The number of alkyl halides is 3. The lowest BCUT2D eigenvalue weighted by Crippen LogP contribution is -2.47. The van der Waals surface area contributed by atoms with Gasteiger partial charge in [0.2, 0.25) is 5.82 Å². The number of rotatable bonds is 3. The second-order valence-electron chi connectivity index (χ2n) is 7.26. The minimum atomic E-state index is -4.71. The Balaban J connectivity index is 2.45. The normalized spacial score (nSPS) is 20.2. The fourth-order valence-corrected chi connectivity index (χ4v) is 2.89. The molecule has 0 saturated heterocycles. The van der Waals surface area contributed by atoms with Gasteiger partial charge in [0.05, 0.1) is 19.1 Å². The molecule has 8 nitrogen and oxygen atoms in total. The minimum absolute atomic E-state index is 0.0902. The highest BCUT2D eigenvalue weighted by Crippen LogP contribution is 2.38. The van der Waals surface area contributed by atoms with E-state index in [1.165, 1.54) is 11.8 Å². The zero-order chi connectivity index (χ0) is 20.6. The van der Waals surface area contributed by atoms with Crippen LogP contribution in [-0.2, 0) is 20.4 Å². The van der Waals surface area contributed by atoms with E-state index in [0.717, 1.165) is 4.57 Å². The number of ether oxygens (including phenoxy) is 2. The zero-order valence-corrected chi connectivity index (χ0v) is 15.8. The van der Waals surface area contributed by atoms with Gasteiger partial charge in [-0.3, -0.25) is 9.69 Å². The summed E-state index contributed by atoms with van der Waals surface area (Å²) in [5, 5.41) is 6.88. The third-order valence-corrected chi connectivity index (χ3v) is 3.85. The molecule has 1 aliphatic heterocycles. The Bertz CT molecular complexity index is 711. The van der Waals surface area contributed by atoms with Crippen LogP contribution in [0.25, 0.3) is 0 Å². The molecule has 0 N–H and O–H groups in total. The molecule has 2 rings (SSSR count). The number of aromatic nitrogens is 3. The maximum atomic E-state index is 13.3. The summed E-state index contributed by atoms with van der Waals surface area (Å²) in [6, 6.07) is -1.82. The largest absolute Gasteiger partial charge is 0.466 e. The van der Waals surface area contributed by atoms with Crippen molar-refractivity contribution in [2.75, 3.05) is 13.2 Å². The van der Waals surface area contributed by atoms with Crippen molar-refractivity contribution >= 4 is 12.1 Å². The molecule has 0 saturated carbocycles. The molecule has 0 spiro atoms. The van der Waals surface area contributed by atoms with Gasteiger partial charge in [-0.05, 0) is 34.6 Å². The molecule has 0 aromatic carbocycles. The van der Waals surface area contributed by atoms with Gasteiger partial charge in [0.25, 0.3) is 0 Å². The summed E-state index contributed by atoms with van der Waals surface area (Å²) < 4.78 is 50.9. The van der Waals surface area contributed by atoms with E-state index in [1.54, 1.807) is 27.7 Å². The van der Waals surface area contributed by atoms with Crippen LogP contribution in [0.3, 0.4) is 0 Å². The first-order chi connectivity index (χ1) is 12.3. The van der Waals surface area contributed by atoms with Gasteiger partial charge in [0.1, 0.15) is 11.6 Å². The molecule has 0 fully saturated rings. The fraction of sp³-hybridized carbons (Fsp3) is 0.750. The summed E-state index contributed by atoms with van der Waals surface area (Å²) >= 11 is 0. The van der Waals surface area contributed by atoms with Gasteiger partial charge in [-0.15, -0.1) is 10.2 Å². The van der Waals surface area contributed by atoms with Crippen molar-refractivity contribution < 1.29 is 32.2 Å². The van der Waals surface area contributed by atoms with E-state index in [2.05, 4.69) is 10.2 Å².